The Bertz CT molecular complexity index is 190. The summed E-state index contributed by atoms with van der Waals surface area (Å²) in [4.78, 5) is 0. The van der Waals surface area contributed by atoms with Crippen LogP contribution in [-0.4, -0.2) is 23.8 Å². The number of aliphatic hydroxyl groups is 1. The highest BCUT2D eigenvalue weighted by molar-refractivity contribution is 4.94. The van der Waals surface area contributed by atoms with E-state index in [4.69, 9.17) is 5.26 Å². The van der Waals surface area contributed by atoms with E-state index in [2.05, 4.69) is 18.3 Å². The Kier molecular flexibility index (Phi) is 3.71. The highest BCUT2D eigenvalue weighted by atomic mass is 16.3. The topological polar surface area (TPSA) is 56.0 Å². The van der Waals surface area contributed by atoms with Gasteiger partial charge in [0.25, 0.3) is 0 Å². The zero-order chi connectivity index (χ0) is 9.73. The first-order valence-corrected chi connectivity index (χ1v) is 4.95. The largest absolute Gasteiger partial charge is 0.394 e. The lowest BCUT2D eigenvalue weighted by Crippen LogP contribution is -2.50. The molecule has 0 radical (unpaired) electrons. The summed E-state index contributed by atoms with van der Waals surface area (Å²) < 4.78 is 0. The first kappa shape index (κ1) is 10.5. The van der Waals surface area contributed by atoms with Crippen molar-refractivity contribution in [2.45, 2.75) is 38.1 Å². The van der Waals surface area contributed by atoms with E-state index in [0.717, 1.165) is 31.6 Å². The summed E-state index contributed by atoms with van der Waals surface area (Å²) in [6, 6.07) is 2.06. The van der Waals surface area contributed by atoms with Gasteiger partial charge in [-0.25, -0.2) is 0 Å². The quantitative estimate of drug-likeness (QED) is 0.641. The molecular formula is C10H18N2O. The van der Waals surface area contributed by atoms with Gasteiger partial charge in [0.15, 0.2) is 0 Å². The molecular weight excluding hydrogens is 164 g/mol. The molecule has 0 spiro atoms. The van der Waals surface area contributed by atoms with Crippen LogP contribution in [0.3, 0.4) is 0 Å². The summed E-state index contributed by atoms with van der Waals surface area (Å²) >= 11 is 0. The van der Waals surface area contributed by atoms with Crippen molar-refractivity contribution < 1.29 is 5.11 Å². The van der Waals surface area contributed by atoms with Crippen LogP contribution >= 0.6 is 0 Å². The van der Waals surface area contributed by atoms with Crippen LogP contribution in [0.5, 0.6) is 0 Å². The number of nitriles is 1. The van der Waals surface area contributed by atoms with E-state index >= 15 is 0 Å². The molecule has 0 aromatic carbocycles. The molecule has 1 aliphatic rings. The fraction of sp³-hybridized carbons (Fsp3) is 0.900. The third kappa shape index (κ3) is 2.68. The Morgan fingerprint density at radius 1 is 1.54 bits per heavy atom. The van der Waals surface area contributed by atoms with Gasteiger partial charge in [0.1, 0.15) is 0 Å². The third-order valence-corrected chi connectivity index (χ3v) is 3.08. The van der Waals surface area contributed by atoms with E-state index in [0.29, 0.717) is 6.54 Å². The molecule has 0 saturated heterocycles. The fourth-order valence-electron chi connectivity index (χ4n) is 1.93. The summed E-state index contributed by atoms with van der Waals surface area (Å²) in [5.74, 6) is 0.767. The molecule has 0 heterocycles. The maximum absolute atomic E-state index is 9.28. The average Bonchev–Trinajstić information content (AvgIpc) is 2.18. The van der Waals surface area contributed by atoms with Crippen LogP contribution in [0.25, 0.3) is 0 Å². The summed E-state index contributed by atoms with van der Waals surface area (Å²) in [6.07, 6.45) is 4.29. The lowest BCUT2D eigenvalue weighted by molar-refractivity contribution is 0.110. The Hall–Kier alpha value is -0.590. The van der Waals surface area contributed by atoms with Gasteiger partial charge >= 0.3 is 0 Å². The van der Waals surface area contributed by atoms with Gasteiger partial charge in [-0.1, -0.05) is 6.92 Å². The SMILES string of the molecule is CC1CCC(CO)(NCC#N)CC1. The van der Waals surface area contributed by atoms with Crippen molar-refractivity contribution in [3.8, 4) is 6.07 Å². The second kappa shape index (κ2) is 4.59. The van der Waals surface area contributed by atoms with E-state index in [1.807, 2.05) is 0 Å². The first-order valence-electron chi connectivity index (χ1n) is 4.95. The Morgan fingerprint density at radius 3 is 2.62 bits per heavy atom. The van der Waals surface area contributed by atoms with Crippen molar-refractivity contribution in [2.24, 2.45) is 5.92 Å². The molecule has 0 aromatic heterocycles. The summed E-state index contributed by atoms with van der Waals surface area (Å²) in [7, 11) is 0. The number of nitrogens with zero attached hydrogens (tertiary/aromatic N) is 1. The highest BCUT2D eigenvalue weighted by Gasteiger charge is 2.32. The predicted octanol–water partition coefficient (Wildman–Crippen LogP) is 1.04. The monoisotopic (exact) mass is 182 g/mol. The number of aliphatic hydroxyl groups excluding tert-OH is 1. The maximum atomic E-state index is 9.28. The van der Waals surface area contributed by atoms with Gasteiger partial charge in [0, 0.05) is 5.54 Å². The smallest absolute Gasteiger partial charge is 0.0845 e. The summed E-state index contributed by atoms with van der Waals surface area (Å²) in [5.41, 5.74) is -0.164. The molecule has 3 heteroatoms. The third-order valence-electron chi connectivity index (χ3n) is 3.08. The molecule has 0 aliphatic heterocycles. The molecule has 3 nitrogen and oxygen atoms in total. The van der Waals surface area contributed by atoms with Gasteiger partial charge in [-0.3, -0.25) is 5.32 Å². The molecule has 13 heavy (non-hydrogen) atoms. The molecule has 0 amide bonds. The minimum atomic E-state index is -0.164. The van der Waals surface area contributed by atoms with Crippen LogP contribution in [-0.2, 0) is 0 Å². The van der Waals surface area contributed by atoms with Crippen molar-refractivity contribution in [2.75, 3.05) is 13.2 Å². The average molecular weight is 182 g/mol. The molecule has 74 valence electrons. The fourth-order valence-corrected chi connectivity index (χ4v) is 1.93. The number of nitrogens with one attached hydrogen (secondary N) is 1. The number of rotatable bonds is 3. The Balaban J connectivity index is 2.46. The van der Waals surface area contributed by atoms with Gasteiger partial charge in [-0.15, -0.1) is 0 Å². The summed E-state index contributed by atoms with van der Waals surface area (Å²) in [5, 5.41) is 20.9. The normalized spacial score (nSPS) is 34.1. The van der Waals surface area contributed by atoms with Crippen molar-refractivity contribution in [1.29, 1.82) is 5.26 Å². The molecule has 1 rings (SSSR count). The van der Waals surface area contributed by atoms with Crippen molar-refractivity contribution >= 4 is 0 Å². The second-order valence-electron chi connectivity index (χ2n) is 4.13. The molecule has 1 fully saturated rings. The maximum Gasteiger partial charge on any atom is 0.0845 e. The molecule has 2 N–H and O–H groups in total. The minimum Gasteiger partial charge on any atom is -0.394 e. The molecule has 0 bridgehead atoms. The second-order valence-corrected chi connectivity index (χ2v) is 4.13. The van der Waals surface area contributed by atoms with Crippen molar-refractivity contribution in [3.05, 3.63) is 0 Å². The molecule has 0 unspecified atom stereocenters. The Labute approximate surface area is 79.8 Å². The number of hydrogen-bond donors (Lipinski definition) is 2. The first-order chi connectivity index (χ1) is 6.22. The van der Waals surface area contributed by atoms with Gasteiger partial charge in [0.05, 0.1) is 19.2 Å². The van der Waals surface area contributed by atoms with Gasteiger partial charge in [0.2, 0.25) is 0 Å². The lowest BCUT2D eigenvalue weighted by Gasteiger charge is -2.38. The minimum absolute atomic E-state index is 0.154. The zero-order valence-corrected chi connectivity index (χ0v) is 8.21. The van der Waals surface area contributed by atoms with Crippen LogP contribution in [0.15, 0.2) is 0 Å². The van der Waals surface area contributed by atoms with Crippen LogP contribution in [0.2, 0.25) is 0 Å². The van der Waals surface area contributed by atoms with E-state index in [1.165, 1.54) is 0 Å². The van der Waals surface area contributed by atoms with E-state index in [9.17, 15) is 5.11 Å². The number of hydrogen-bond acceptors (Lipinski definition) is 3. The highest BCUT2D eigenvalue weighted by Crippen LogP contribution is 2.31. The van der Waals surface area contributed by atoms with Gasteiger partial charge in [-0.05, 0) is 31.6 Å². The molecule has 1 aliphatic carbocycles. The molecule has 1 saturated carbocycles. The van der Waals surface area contributed by atoms with Crippen LogP contribution in [0.4, 0.5) is 0 Å². The van der Waals surface area contributed by atoms with Gasteiger partial charge < -0.3 is 5.11 Å². The van der Waals surface area contributed by atoms with Crippen LogP contribution in [0, 0.1) is 17.2 Å². The van der Waals surface area contributed by atoms with E-state index in [-0.39, 0.29) is 12.1 Å². The van der Waals surface area contributed by atoms with Crippen LogP contribution in [0.1, 0.15) is 32.6 Å². The van der Waals surface area contributed by atoms with Crippen molar-refractivity contribution in [3.63, 3.8) is 0 Å². The molecule has 0 aromatic rings. The van der Waals surface area contributed by atoms with Crippen molar-refractivity contribution in [1.82, 2.24) is 5.32 Å². The predicted molar refractivity (Wildman–Crippen MR) is 51.1 cm³/mol. The standard InChI is InChI=1S/C10H18N2O/c1-9-2-4-10(8-13,5-3-9)12-7-6-11/h9,12-13H,2-5,7-8H2,1H3. The zero-order valence-electron chi connectivity index (χ0n) is 8.21. The Morgan fingerprint density at radius 2 is 2.15 bits per heavy atom. The lowest BCUT2D eigenvalue weighted by atomic mass is 9.77. The van der Waals surface area contributed by atoms with E-state index < -0.39 is 0 Å². The molecule has 0 atom stereocenters. The van der Waals surface area contributed by atoms with E-state index in [1.54, 1.807) is 0 Å². The van der Waals surface area contributed by atoms with Crippen LogP contribution < -0.4 is 5.32 Å². The summed E-state index contributed by atoms with van der Waals surface area (Å²) in [6.45, 7) is 2.74. The van der Waals surface area contributed by atoms with Gasteiger partial charge in [-0.2, -0.15) is 5.26 Å².